The van der Waals surface area contributed by atoms with E-state index < -0.39 is 17.7 Å². The Morgan fingerprint density at radius 2 is 1.77 bits per heavy atom. The second-order valence-corrected chi connectivity index (χ2v) is 10.8. The van der Waals surface area contributed by atoms with Gasteiger partial charge in [0.15, 0.2) is 4.34 Å². The van der Waals surface area contributed by atoms with Crippen LogP contribution < -0.4 is 9.64 Å². The average Bonchev–Trinajstić information content (AvgIpc) is 3.54. The molecule has 3 heterocycles. The Kier molecular flexibility index (Phi) is 7.99. The van der Waals surface area contributed by atoms with Gasteiger partial charge in [0.05, 0.1) is 18.2 Å². The van der Waals surface area contributed by atoms with Crippen molar-refractivity contribution in [2.75, 3.05) is 11.5 Å². The van der Waals surface area contributed by atoms with Crippen LogP contribution >= 0.6 is 23.1 Å². The third-order valence-electron chi connectivity index (χ3n) is 5.94. The molecule has 1 N–H and O–H groups in total. The zero-order valence-corrected chi connectivity index (χ0v) is 22.4. The number of aromatic nitrogens is 3. The van der Waals surface area contributed by atoms with Gasteiger partial charge in [-0.2, -0.15) is 0 Å². The highest BCUT2D eigenvalue weighted by atomic mass is 32.2. The number of halogens is 1. The molecule has 1 saturated heterocycles. The summed E-state index contributed by atoms with van der Waals surface area (Å²) in [7, 11) is 0. The lowest BCUT2D eigenvalue weighted by Gasteiger charge is -2.22. The Bertz CT molecular complexity index is 1510. The molecular weight excluding hydrogens is 539 g/mol. The fourth-order valence-electron chi connectivity index (χ4n) is 4.06. The van der Waals surface area contributed by atoms with Gasteiger partial charge in [0.1, 0.15) is 17.3 Å². The first-order valence-corrected chi connectivity index (χ1v) is 13.9. The number of amides is 1. The summed E-state index contributed by atoms with van der Waals surface area (Å²) in [6.07, 6.45) is 3.84. The van der Waals surface area contributed by atoms with Crippen molar-refractivity contribution in [3.63, 3.8) is 0 Å². The highest BCUT2D eigenvalue weighted by molar-refractivity contribution is 8.00. The number of pyridine rings is 1. The Morgan fingerprint density at radius 3 is 2.46 bits per heavy atom. The number of aliphatic hydroxyl groups excluding tert-OH is 1. The van der Waals surface area contributed by atoms with E-state index in [1.165, 1.54) is 41.2 Å². The van der Waals surface area contributed by atoms with E-state index in [9.17, 15) is 19.1 Å². The van der Waals surface area contributed by atoms with E-state index in [1.54, 1.807) is 48.5 Å². The molecule has 1 atom stereocenters. The molecule has 0 bridgehead atoms. The highest BCUT2D eigenvalue weighted by Gasteiger charge is 2.48. The number of Topliss-reactive ketones (excluding diaryl/α,β-unsaturated/α-hetero) is 1. The van der Waals surface area contributed by atoms with Crippen molar-refractivity contribution in [2.24, 2.45) is 0 Å². The Balaban J connectivity index is 1.51. The number of ether oxygens (including phenoxy) is 1. The summed E-state index contributed by atoms with van der Waals surface area (Å²) in [4.78, 5) is 31.9. The minimum Gasteiger partial charge on any atom is -0.507 e. The van der Waals surface area contributed by atoms with Crippen LogP contribution in [-0.4, -0.2) is 38.6 Å². The number of thioether (sulfide) groups is 1. The van der Waals surface area contributed by atoms with Crippen LogP contribution in [0, 0.1) is 5.82 Å². The number of carbonyl (C=O) groups excluding carboxylic acids is 2. The van der Waals surface area contributed by atoms with Crippen molar-refractivity contribution in [2.45, 2.75) is 29.5 Å². The number of nitrogens with zero attached hydrogens (tertiary/aromatic N) is 4. The number of benzene rings is 2. The van der Waals surface area contributed by atoms with Gasteiger partial charge in [0.2, 0.25) is 5.13 Å². The molecule has 39 heavy (non-hydrogen) atoms. The van der Waals surface area contributed by atoms with Gasteiger partial charge in [-0.05, 0) is 53.9 Å². The lowest BCUT2D eigenvalue weighted by atomic mass is 9.95. The van der Waals surface area contributed by atoms with Crippen LogP contribution in [0.4, 0.5) is 9.52 Å². The Hall–Kier alpha value is -4.09. The van der Waals surface area contributed by atoms with Gasteiger partial charge in [-0.3, -0.25) is 19.5 Å². The SMILES string of the molecule is CCCOc1ccc(C2C(=C(O)c3ccncc3)C(=O)C(=O)N2c2nnc(SCc3ccc(F)cc3)s2)cc1. The van der Waals surface area contributed by atoms with Crippen molar-refractivity contribution >= 4 is 45.7 Å². The van der Waals surface area contributed by atoms with Gasteiger partial charge in [0.25, 0.3) is 5.78 Å². The summed E-state index contributed by atoms with van der Waals surface area (Å²) in [5, 5.41) is 19.8. The highest BCUT2D eigenvalue weighted by Crippen LogP contribution is 2.44. The second-order valence-electron chi connectivity index (χ2n) is 8.59. The van der Waals surface area contributed by atoms with Crippen molar-refractivity contribution < 1.29 is 23.8 Å². The molecule has 1 amide bonds. The van der Waals surface area contributed by atoms with Crippen molar-refractivity contribution in [3.05, 3.63) is 101 Å². The fourth-order valence-corrected chi connectivity index (χ4v) is 5.88. The molecular formula is C28H23FN4O4S2. The minimum absolute atomic E-state index is 0.0517. The predicted octanol–water partition coefficient (Wildman–Crippen LogP) is 5.78. The number of aliphatic hydroxyl groups is 1. The summed E-state index contributed by atoms with van der Waals surface area (Å²) < 4.78 is 19.5. The standard InChI is InChI=1S/C28H23FN4O4S2/c1-2-15-37-21-9-5-18(6-10-21)23-22(24(34)19-11-13-30-14-12-19)25(35)26(36)33(23)27-31-32-28(39-27)38-16-17-3-7-20(29)8-4-17/h3-14,23,34H,2,15-16H2,1H3. The van der Waals surface area contributed by atoms with Crippen molar-refractivity contribution in [1.29, 1.82) is 0 Å². The number of hydrogen-bond acceptors (Lipinski definition) is 9. The van der Waals surface area contributed by atoms with E-state index in [4.69, 9.17) is 4.74 Å². The van der Waals surface area contributed by atoms with Gasteiger partial charge in [-0.25, -0.2) is 4.39 Å². The Morgan fingerprint density at radius 1 is 1.05 bits per heavy atom. The van der Waals surface area contributed by atoms with E-state index in [1.807, 2.05) is 6.92 Å². The molecule has 8 nitrogen and oxygen atoms in total. The molecule has 1 unspecified atom stereocenters. The molecule has 0 spiro atoms. The van der Waals surface area contributed by atoms with Crippen LogP contribution in [-0.2, 0) is 15.3 Å². The van der Waals surface area contributed by atoms with Gasteiger partial charge < -0.3 is 9.84 Å². The van der Waals surface area contributed by atoms with E-state index in [0.717, 1.165) is 23.3 Å². The fraction of sp³-hybridized carbons (Fsp3) is 0.179. The summed E-state index contributed by atoms with van der Waals surface area (Å²) >= 11 is 2.55. The maximum atomic E-state index is 13.4. The number of carbonyl (C=O) groups is 2. The summed E-state index contributed by atoms with van der Waals surface area (Å²) in [6, 6.07) is 15.4. The molecule has 4 aromatic rings. The van der Waals surface area contributed by atoms with Crippen LogP contribution in [0.2, 0.25) is 0 Å². The lowest BCUT2D eigenvalue weighted by molar-refractivity contribution is -0.132. The number of rotatable bonds is 9. The molecule has 2 aromatic heterocycles. The molecule has 5 rings (SSSR count). The minimum atomic E-state index is -0.929. The Labute approximate surface area is 232 Å². The van der Waals surface area contributed by atoms with Gasteiger partial charge in [0, 0.05) is 23.7 Å². The van der Waals surface area contributed by atoms with Crippen LogP contribution in [0.1, 0.15) is 36.1 Å². The summed E-state index contributed by atoms with van der Waals surface area (Å²) in [5.74, 6) is -1.07. The zero-order chi connectivity index (χ0) is 27.4. The first kappa shape index (κ1) is 26.5. The van der Waals surface area contributed by atoms with Crippen molar-refractivity contribution in [1.82, 2.24) is 15.2 Å². The van der Waals surface area contributed by atoms with Crippen LogP contribution in [0.25, 0.3) is 5.76 Å². The number of ketones is 1. The molecule has 0 aliphatic carbocycles. The van der Waals surface area contributed by atoms with Crippen LogP contribution in [0.3, 0.4) is 0 Å². The largest absolute Gasteiger partial charge is 0.507 e. The molecule has 1 aliphatic rings. The summed E-state index contributed by atoms with van der Waals surface area (Å²) in [5.41, 5.74) is 1.82. The van der Waals surface area contributed by atoms with E-state index in [-0.39, 0.29) is 22.3 Å². The predicted molar refractivity (Wildman–Crippen MR) is 147 cm³/mol. The lowest BCUT2D eigenvalue weighted by Crippen LogP contribution is -2.29. The molecule has 1 aliphatic heterocycles. The second kappa shape index (κ2) is 11.7. The molecule has 2 aromatic carbocycles. The van der Waals surface area contributed by atoms with Crippen LogP contribution in [0.15, 0.2) is 83.0 Å². The molecule has 11 heteroatoms. The molecule has 1 fully saturated rings. The van der Waals surface area contributed by atoms with Crippen LogP contribution in [0.5, 0.6) is 5.75 Å². The zero-order valence-electron chi connectivity index (χ0n) is 20.8. The smallest absolute Gasteiger partial charge is 0.301 e. The van der Waals surface area contributed by atoms with Crippen molar-refractivity contribution in [3.8, 4) is 5.75 Å². The van der Waals surface area contributed by atoms with E-state index in [2.05, 4.69) is 15.2 Å². The number of hydrogen-bond donors (Lipinski definition) is 1. The summed E-state index contributed by atoms with van der Waals surface area (Å²) in [6.45, 7) is 2.57. The quantitative estimate of drug-likeness (QED) is 0.0900. The van der Waals surface area contributed by atoms with E-state index in [0.29, 0.717) is 33.6 Å². The first-order chi connectivity index (χ1) is 19.0. The molecule has 0 radical (unpaired) electrons. The van der Waals surface area contributed by atoms with E-state index >= 15 is 0 Å². The van der Waals surface area contributed by atoms with Gasteiger partial charge >= 0.3 is 5.91 Å². The molecule has 0 saturated carbocycles. The maximum absolute atomic E-state index is 13.4. The third kappa shape index (κ3) is 5.69. The number of anilines is 1. The third-order valence-corrected chi connectivity index (χ3v) is 8.07. The maximum Gasteiger partial charge on any atom is 0.301 e. The average molecular weight is 563 g/mol. The van der Waals surface area contributed by atoms with Gasteiger partial charge in [-0.15, -0.1) is 10.2 Å². The molecule has 198 valence electrons. The monoisotopic (exact) mass is 562 g/mol. The van der Waals surface area contributed by atoms with Gasteiger partial charge in [-0.1, -0.05) is 54.3 Å². The topological polar surface area (TPSA) is 106 Å². The normalized spacial score (nSPS) is 16.6. The first-order valence-electron chi connectivity index (χ1n) is 12.1.